The van der Waals surface area contributed by atoms with Gasteiger partial charge in [0.05, 0.1) is 0 Å². The monoisotopic (exact) mass is 417 g/mol. The molecule has 0 spiro atoms. The molecule has 128 valence electrons. The maximum Gasteiger partial charge on any atom is 0.276 e. The molecule has 0 aliphatic heterocycles. The van der Waals surface area contributed by atoms with E-state index in [9.17, 15) is 4.79 Å². The summed E-state index contributed by atoms with van der Waals surface area (Å²) in [5.74, 6) is 0.996. The van der Waals surface area contributed by atoms with Crippen molar-refractivity contribution in [1.29, 1.82) is 0 Å². The number of hydrogen-bond acceptors (Lipinski definition) is 5. The van der Waals surface area contributed by atoms with E-state index in [1.807, 2.05) is 55.5 Å². The second-order valence-electron chi connectivity index (χ2n) is 5.40. The van der Waals surface area contributed by atoms with Gasteiger partial charge >= 0.3 is 0 Å². The maximum absolute atomic E-state index is 12.0. The Bertz CT molecular complexity index is 882. The minimum atomic E-state index is -0.0372. The van der Waals surface area contributed by atoms with Crippen molar-refractivity contribution >= 4 is 39.3 Å². The maximum atomic E-state index is 12.0. The van der Waals surface area contributed by atoms with Crippen molar-refractivity contribution in [1.82, 2.24) is 10.2 Å². The van der Waals surface area contributed by atoms with E-state index in [1.165, 1.54) is 11.8 Å². The third-order valence-corrected chi connectivity index (χ3v) is 4.65. The molecule has 0 saturated heterocycles. The molecule has 0 bridgehead atoms. The molecule has 1 amide bonds. The van der Waals surface area contributed by atoms with Crippen molar-refractivity contribution in [3.63, 3.8) is 0 Å². The summed E-state index contributed by atoms with van der Waals surface area (Å²) in [6.45, 7) is 1.99. The number of amides is 1. The average Bonchev–Trinajstić information content (AvgIpc) is 3.04. The Morgan fingerprint density at radius 2 is 2.04 bits per heavy atom. The molecule has 1 heterocycles. The van der Waals surface area contributed by atoms with E-state index in [1.54, 1.807) is 0 Å². The highest BCUT2D eigenvalue weighted by Gasteiger charge is 2.10. The first-order valence-corrected chi connectivity index (χ1v) is 9.47. The van der Waals surface area contributed by atoms with Gasteiger partial charge in [0.15, 0.2) is 0 Å². The Kier molecular flexibility index (Phi) is 5.88. The summed E-state index contributed by atoms with van der Waals surface area (Å²) < 4.78 is 6.58. The molecule has 1 aromatic heterocycles. The highest BCUT2D eigenvalue weighted by atomic mass is 79.9. The molecule has 0 aliphatic rings. The number of thioether (sulfide) groups is 1. The van der Waals surface area contributed by atoms with Crippen LogP contribution in [0.4, 0.5) is 5.69 Å². The van der Waals surface area contributed by atoms with Gasteiger partial charge < -0.3 is 9.73 Å². The summed E-state index contributed by atoms with van der Waals surface area (Å²) in [6.07, 6.45) is 0.368. The van der Waals surface area contributed by atoms with Crippen LogP contribution in [-0.2, 0) is 4.79 Å². The highest BCUT2D eigenvalue weighted by molar-refractivity contribution is 9.10. The van der Waals surface area contributed by atoms with Crippen molar-refractivity contribution in [3.05, 3.63) is 58.6 Å². The van der Waals surface area contributed by atoms with Crippen molar-refractivity contribution in [2.24, 2.45) is 0 Å². The lowest BCUT2D eigenvalue weighted by molar-refractivity contribution is -0.115. The number of carbonyl (C=O) groups excluding carboxylic acids is 1. The van der Waals surface area contributed by atoms with Gasteiger partial charge in [0.2, 0.25) is 11.8 Å². The van der Waals surface area contributed by atoms with E-state index in [2.05, 4.69) is 31.4 Å². The molecular weight excluding hydrogens is 402 g/mol. The van der Waals surface area contributed by atoms with Crippen LogP contribution in [0.3, 0.4) is 0 Å². The van der Waals surface area contributed by atoms with Crippen LogP contribution in [0.15, 0.2) is 62.6 Å². The molecule has 7 heteroatoms. The van der Waals surface area contributed by atoms with Gasteiger partial charge in [-0.1, -0.05) is 45.9 Å². The lowest BCUT2D eigenvalue weighted by atomic mass is 10.2. The van der Waals surface area contributed by atoms with Crippen LogP contribution in [0.5, 0.6) is 0 Å². The predicted molar refractivity (Wildman–Crippen MR) is 103 cm³/mol. The van der Waals surface area contributed by atoms with E-state index in [0.29, 0.717) is 23.3 Å². The molecule has 3 aromatic rings. The first-order chi connectivity index (χ1) is 12.1. The lowest BCUT2D eigenvalue weighted by Crippen LogP contribution is -2.12. The van der Waals surface area contributed by atoms with Crippen molar-refractivity contribution in [3.8, 4) is 11.5 Å². The standard InChI is InChI=1S/C18H16BrN3O2S/c1-12-4-2-7-15(10-12)20-16(23)8-9-25-18-22-21-17(24-18)13-5-3-6-14(19)11-13/h2-7,10-11H,8-9H2,1H3,(H,20,23). The van der Waals surface area contributed by atoms with Crippen molar-refractivity contribution in [2.45, 2.75) is 18.6 Å². The van der Waals surface area contributed by atoms with Crippen LogP contribution < -0.4 is 5.32 Å². The zero-order chi connectivity index (χ0) is 17.6. The normalized spacial score (nSPS) is 10.6. The number of nitrogens with one attached hydrogen (secondary N) is 1. The number of anilines is 1. The fourth-order valence-corrected chi connectivity index (χ4v) is 3.28. The fraction of sp³-hybridized carbons (Fsp3) is 0.167. The summed E-state index contributed by atoms with van der Waals surface area (Å²) in [7, 11) is 0. The highest BCUT2D eigenvalue weighted by Crippen LogP contribution is 2.25. The molecule has 0 radical (unpaired) electrons. The fourth-order valence-electron chi connectivity index (χ4n) is 2.18. The van der Waals surface area contributed by atoms with Crippen LogP contribution >= 0.6 is 27.7 Å². The number of hydrogen-bond donors (Lipinski definition) is 1. The molecule has 0 unspecified atom stereocenters. The molecule has 3 rings (SSSR count). The van der Waals surface area contributed by atoms with Gasteiger partial charge in [0.25, 0.3) is 5.22 Å². The molecule has 5 nitrogen and oxygen atoms in total. The van der Waals surface area contributed by atoms with Gasteiger partial charge in [-0.15, -0.1) is 10.2 Å². The lowest BCUT2D eigenvalue weighted by Gasteiger charge is -2.05. The summed E-state index contributed by atoms with van der Waals surface area (Å²) >= 11 is 4.79. The third-order valence-electron chi connectivity index (χ3n) is 3.33. The summed E-state index contributed by atoms with van der Waals surface area (Å²) in [5, 5.41) is 11.4. The summed E-state index contributed by atoms with van der Waals surface area (Å²) in [5.41, 5.74) is 2.77. The molecule has 0 aliphatic carbocycles. The average molecular weight is 418 g/mol. The number of aryl methyl sites for hydroxylation is 1. The van der Waals surface area contributed by atoms with Crippen LogP contribution in [-0.4, -0.2) is 21.9 Å². The molecule has 0 saturated carbocycles. The number of rotatable bonds is 6. The molecule has 0 fully saturated rings. The summed E-state index contributed by atoms with van der Waals surface area (Å²) in [6, 6.07) is 15.4. The Morgan fingerprint density at radius 3 is 2.84 bits per heavy atom. The van der Waals surface area contributed by atoms with Gasteiger partial charge in [-0.3, -0.25) is 4.79 Å². The first kappa shape index (κ1) is 17.7. The van der Waals surface area contributed by atoms with Gasteiger partial charge in [-0.25, -0.2) is 0 Å². The minimum Gasteiger partial charge on any atom is -0.411 e. The summed E-state index contributed by atoms with van der Waals surface area (Å²) in [4.78, 5) is 12.0. The van der Waals surface area contributed by atoms with Crippen molar-refractivity contribution < 1.29 is 9.21 Å². The Labute approximate surface area is 158 Å². The largest absolute Gasteiger partial charge is 0.411 e. The predicted octanol–water partition coefficient (Wildman–Crippen LogP) is 4.93. The van der Waals surface area contributed by atoms with Gasteiger partial charge in [0.1, 0.15) is 0 Å². The van der Waals surface area contributed by atoms with Crippen LogP contribution in [0, 0.1) is 6.92 Å². The minimum absolute atomic E-state index is 0.0372. The zero-order valence-electron chi connectivity index (χ0n) is 13.5. The van der Waals surface area contributed by atoms with Gasteiger partial charge in [-0.2, -0.15) is 0 Å². The van der Waals surface area contributed by atoms with Crippen LogP contribution in [0.2, 0.25) is 0 Å². The van der Waals surface area contributed by atoms with Crippen LogP contribution in [0.25, 0.3) is 11.5 Å². The third kappa shape index (κ3) is 5.17. The quantitative estimate of drug-likeness (QED) is 0.575. The van der Waals surface area contributed by atoms with E-state index in [0.717, 1.165) is 21.3 Å². The molecule has 0 atom stereocenters. The number of nitrogens with zero attached hydrogens (tertiary/aromatic N) is 2. The van der Waals surface area contributed by atoms with Gasteiger partial charge in [-0.05, 0) is 42.8 Å². The van der Waals surface area contributed by atoms with Crippen LogP contribution in [0.1, 0.15) is 12.0 Å². The van der Waals surface area contributed by atoms with E-state index >= 15 is 0 Å². The molecular formula is C18H16BrN3O2S. The van der Waals surface area contributed by atoms with E-state index < -0.39 is 0 Å². The van der Waals surface area contributed by atoms with Crippen molar-refractivity contribution in [2.75, 3.05) is 11.1 Å². The Hall–Kier alpha value is -2.12. The topological polar surface area (TPSA) is 68.0 Å². The first-order valence-electron chi connectivity index (χ1n) is 7.69. The number of carbonyl (C=O) groups is 1. The molecule has 25 heavy (non-hydrogen) atoms. The Morgan fingerprint density at radius 1 is 1.20 bits per heavy atom. The number of benzene rings is 2. The Balaban J connectivity index is 1.50. The second-order valence-corrected chi connectivity index (χ2v) is 7.36. The molecule has 1 N–H and O–H groups in total. The van der Waals surface area contributed by atoms with Gasteiger partial charge in [0, 0.05) is 27.9 Å². The smallest absolute Gasteiger partial charge is 0.276 e. The number of aromatic nitrogens is 2. The zero-order valence-corrected chi connectivity index (χ0v) is 15.9. The van der Waals surface area contributed by atoms with E-state index in [4.69, 9.17) is 4.42 Å². The molecule has 2 aromatic carbocycles. The van der Waals surface area contributed by atoms with E-state index in [-0.39, 0.29) is 5.91 Å². The SMILES string of the molecule is Cc1cccc(NC(=O)CCSc2nnc(-c3cccc(Br)c3)o2)c1. The number of halogens is 1. The second kappa shape index (κ2) is 8.31.